The maximum atomic E-state index is 12.4. The molecule has 1 aromatic heterocycles. The van der Waals surface area contributed by atoms with Gasteiger partial charge >= 0.3 is 6.18 Å². The molecule has 18 heavy (non-hydrogen) atoms. The van der Waals surface area contributed by atoms with Crippen molar-refractivity contribution < 1.29 is 13.2 Å². The van der Waals surface area contributed by atoms with Gasteiger partial charge < -0.3 is 0 Å². The van der Waals surface area contributed by atoms with Crippen LogP contribution in [-0.2, 0) is 12.6 Å². The third-order valence-corrected chi connectivity index (χ3v) is 2.49. The van der Waals surface area contributed by atoms with Crippen LogP contribution in [0.4, 0.5) is 13.2 Å². The first kappa shape index (κ1) is 12.5. The van der Waals surface area contributed by atoms with Crippen LogP contribution in [0, 0.1) is 6.20 Å². The Morgan fingerprint density at radius 1 is 1.17 bits per heavy atom. The van der Waals surface area contributed by atoms with Gasteiger partial charge in [0.2, 0.25) is 0 Å². The molecule has 0 aliphatic rings. The number of halogens is 3. The van der Waals surface area contributed by atoms with Crippen LogP contribution in [-0.4, -0.2) is 9.97 Å². The van der Waals surface area contributed by atoms with E-state index in [1.165, 1.54) is 18.3 Å². The van der Waals surface area contributed by atoms with Crippen LogP contribution < -0.4 is 0 Å². The zero-order valence-corrected chi connectivity index (χ0v) is 9.62. The molecule has 1 radical (unpaired) electrons. The van der Waals surface area contributed by atoms with Crippen molar-refractivity contribution in [3.05, 3.63) is 47.9 Å². The summed E-state index contributed by atoms with van der Waals surface area (Å²) < 4.78 is 37.2. The summed E-state index contributed by atoms with van der Waals surface area (Å²) in [6.45, 7) is 1.93. The largest absolute Gasteiger partial charge is 0.416 e. The highest BCUT2D eigenvalue weighted by atomic mass is 19.4. The monoisotopic (exact) mass is 251 g/mol. The van der Waals surface area contributed by atoms with Gasteiger partial charge in [0.05, 0.1) is 23.1 Å². The third-order valence-electron chi connectivity index (χ3n) is 2.49. The fourth-order valence-electron chi connectivity index (χ4n) is 1.46. The third kappa shape index (κ3) is 2.67. The van der Waals surface area contributed by atoms with Crippen LogP contribution in [0.25, 0.3) is 11.3 Å². The van der Waals surface area contributed by atoms with Crippen LogP contribution in [0.2, 0.25) is 0 Å². The van der Waals surface area contributed by atoms with Crippen LogP contribution in [0.1, 0.15) is 18.2 Å². The molecule has 0 unspecified atom stereocenters. The van der Waals surface area contributed by atoms with E-state index in [-0.39, 0.29) is 0 Å². The quantitative estimate of drug-likeness (QED) is 0.816. The number of hydrogen-bond donors (Lipinski definition) is 0. The van der Waals surface area contributed by atoms with Gasteiger partial charge in [-0.05, 0) is 18.6 Å². The number of aryl methyl sites for hydroxylation is 1. The van der Waals surface area contributed by atoms with Crippen molar-refractivity contribution in [1.29, 1.82) is 0 Å². The predicted octanol–water partition coefficient (Wildman–Crippen LogP) is 3.52. The van der Waals surface area contributed by atoms with Gasteiger partial charge in [0.25, 0.3) is 0 Å². The Kier molecular flexibility index (Phi) is 3.32. The fraction of sp³-hybridized carbons (Fsp3) is 0.231. The van der Waals surface area contributed by atoms with Crippen molar-refractivity contribution in [2.45, 2.75) is 19.5 Å². The molecule has 0 saturated heterocycles. The lowest BCUT2D eigenvalue weighted by atomic mass is 10.1. The lowest BCUT2D eigenvalue weighted by Crippen LogP contribution is -2.04. The number of benzene rings is 1. The minimum Gasteiger partial charge on any atom is -0.257 e. The number of nitrogens with zero attached hydrogens (tertiary/aromatic N) is 2. The molecule has 0 amide bonds. The zero-order chi connectivity index (χ0) is 13.2. The highest BCUT2D eigenvalue weighted by Crippen LogP contribution is 2.30. The first-order valence-corrected chi connectivity index (χ1v) is 5.42. The van der Waals surface area contributed by atoms with Gasteiger partial charge in [-0.1, -0.05) is 19.1 Å². The second-order valence-corrected chi connectivity index (χ2v) is 3.74. The summed E-state index contributed by atoms with van der Waals surface area (Å²) in [5, 5.41) is 0. The van der Waals surface area contributed by atoms with Crippen molar-refractivity contribution in [2.75, 3.05) is 0 Å². The van der Waals surface area contributed by atoms with E-state index in [9.17, 15) is 13.2 Å². The van der Waals surface area contributed by atoms with E-state index in [1.807, 2.05) is 6.92 Å². The standard InChI is InChI=1S/C13H10F3N2/c1-2-11-7-18-12(8-17-11)9-3-5-10(6-4-9)13(14,15)16/h3-6,8H,2H2,1H3. The van der Waals surface area contributed by atoms with Gasteiger partial charge in [-0.2, -0.15) is 13.2 Å². The van der Waals surface area contributed by atoms with Crippen molar-refractivity contribution in [3.8, 4) is 11.3 Å². The van der Waals surface area contributed by atoms with Gasteiger partial charge in [0, 0.05) is 5.56 Å². The molecule has 93 valence electrons. The molecule has 2 rings (SSSR count). The van der Waals surface area contributed by atoms with Crippen LogP contribution in [0.3, 0.4) is 0 Å². The van der Waals surface area contributed by atoms with E-state index in [0.717, 1.165) is 24.2 Å². The van der Waals surface area contributed by atoms with E-state index < -0.39 is 11.7 Å². The fourth-order valence-corrected chi connectivity index (χ4v) is 1.46. The first-order valence-electron chi connectivity index (χ1n) is 5.42. The van der Waals surface area contributed by atoms with Crippen LogP contribution >= 0.6 is 0 Å². The molecule has 0 saturated carbocycles. The molecule has 5 heteroatoms. The number of aromatic nitrogens is 2. The molecular formula is C13H10F3N2. The molecule has 0 aliphatic heterocycles. The molecule has 0 bridgehead atoms. The van der Waals surface area contributed by atoms with E-state index in [2.05, 4.69) is 16.2 Å². The van der Waals surface area contributed by atoms with E-state index in [4.69, 9.17) is 0 Å². The SMILES string of the molecule is CCc1[c]nc(-c2ccc(C(F)(F)F)cc2)cn1. The summed E-state index contributed by atoms with van der Waals surface area (Å²) in [5.41, 5.74) is 1.16. The Morgan fingerprint density at radius 3 is 2.28 bits per heavy atom. The summed E-state index contributed by atoms with van der Waals surface area (Å²) in [5.74, 6) is 0. The van der Waals surface area contributed by atoms with Crippen molar-refractivity contribution in [2.24, 2.45) is 0 Å². The van der Waals surface area contributed by atoms with Gasteiger partial charge in [0.15, 0.2) is 0 Å². The second-order valence-electron chi connectivity index (χ2n) is 3.74. The van der Waals surface area contributed by atoms with Crippen LogP contribution in [0.15, 0.2) is 30.5 Å². The normalized spacial score (nSPS) is 11.6. The molecule has 1 heterocycles. The number of rotatable bonds is 2. The van der Waals surface area contributed by atoms with Crippen molar-refractivity contribution >= 4 is 0 Å². The summed E-state index contributed by atoms with van der Waals surface area (Å²) in [6.07, 6.45) is 0.692. The molecule has 0 N–H and O–H groups in total. The smallest absolute Gasteiger partial charge is 0.257 e. The average molecular weight is 251 g/mol. The predicted molar refractivity (Wildman–Crippen MR) is 60.7 cm³/mol. The molecule has 0 aliphatic carbocycles. The van der Waals surface area contributed by atoms with Crippen molar-refractivity contribution in [1.82, 2.24) is 9.97 Å². The number of alkyl halides is 3. The van der Waals surface area contributed by atoms with E-state index >= 15 is 0 Å². The molecule has 0 atom stereocenters. The minimum absolute atomic E-state index is 0.515. The Morgan fingerprint density at radius 2 is 1.83 bits per heavy atom. The first-order chi connectivity index (χ1) is 8.50. The van der Waals surface area contributed by atoms with Crippen LogP contribution in [0.5, 0.6) is 0 Å². The van der Waals surface area contributed by atoms with Gasteiger partial charge in [-0.15, -0.1) is 0 Å². The Hall–Kier alpha value is -1.91. The topological polar surface area (TPSA) is 25.8 Å². The molecular weight excluding hydrogens is 241 g/mol. The maximum absolute atomic E-state index is 12.4. The highest BCUT2D eigenvalue weighted by Gasteiger charge is 2.29. The molecule has 0 spiro atoms. The maximum Gasteiger partial charge on any atom is 0.416 e. The summed E-state index contributed by atoms with van der Waals surface area (Å²) >= 11 is 0. The minimum atomic E-state index is -4.32. The molecule has 2 aromatic rings. The van der Waals surface area contributed by atoms with E-state index in [0.29, 0.717) is 11.3 Å². The summed E-state index contributed by atoms with van der Waals surface area (Å²) in [4.78, 5) is 8.15. The Balaban J connectivity index is 2.28. The average Bonchev–Trinajstić information content (AvgIpc) is 2.38. The molecule has 1 aromatic carbocycles. The lowest BCUT2D eigenvalue weighted by molar-refractivity contribution is -0.137. The van der Waals surface area contributed by atoms with Gasteiger partial charge in [-0.3, -0.25) is 4.98 Å². The summed E-state index contributed by atoms with van der Waals surface area (Å²) in [6, 6.07) is 4.83. The Labute approximate surface area is 103 Å². The zero-order valence-electron chi connectivity index (χ0n) is 9.62. The van der Waals surface area contributed by atoms with E-state index in [1.54, 1.807) is 0 Å². The molecule has 2 nitrogen and oxygen atoms in total. The van der Waals surface area contributed by atoms with Crippen molar-refractivity contribution in [3.63, 3.8) is 0 Å². The highest BCUT2D eigenvalue weighted by molar-refractivity contribution is 5.58. The lowest BCUT2D eigenvalue weighted by Gasteiger charge is -2.07. The second kappa shape index (κ2) is 4.76. The summed E-state index contributed by atoms with van der Waals surface area (Å²) in [7, 11) is 0. The van der Waals surface area contributed by atoms with Gasteiger partial charge in [-0.25, -0.2) is 4.98 Å². The Bertz CT molecular complexity index is 515. The van der Waals surface area contributed by atoms with Gasteiger partial charge in [0.1, 0.15) is 6.20 Å². The molecule has 0 fully saturated rings. The number of hydrogen-bond acceptors (Lipinski definition) is 2.